The van der Waals surface area contributed by atoms with E-state index in [9.17, 15) is 9.59 Å². The molecule has 1 heterocycles. The number of ether oxygens (including phenoxy) is 2. The van der Waals surface area contributed by atoms with Crippen LogP contribution >= 0.6 is 22.9 Å². The fraction of sp³-hybridized carbons (Fsp3) is 0.227. The van der Waals surface area contributed by atoms with Gasteiger partial charge in [-0.25, -0.2) is 4.98 Å². The normalized spacial score (nSPS) is 10.5. The van der Waals surface area contributed by atoms with Crippen molar-refractivity contribution in [3.05, 3.63) is 58.4 Å². The zero-order chi connectivity index (χ0) is 22.9. The smallest absolute Gasteiger partial charge is 0.257 e. The minimum Gasteiger partial charge on any atom is -0.497 e. The average molecular weight is 475 g/mol. The molecule has 32 heavy (non-hydrogen) atoms. The molecule has 2 amide bonds. The number of thiazole rings is 1. The molecule has 2 aromatic carbocycles. The first kappa shape index (κ1) is 23.5. The molecule has 0 aliphatic carbocycles. The lowest BCUT2D eigenvalue weighted by Crippen LogP contribution is -2.32. The molecule has 0 spiro atoms. The molecule has 0 aliphatic rings. The number of aromatic nitrogens is 1. The van der Waals surface area contributed by atoms with Crippen LogP contribution in [-0.4, -0.2) is 50.7 Å². The first-order valence-corrected chi connectivity index (χ1v) is 11.0. The second-order valence-corrected chi connectivity index (χ2v) is 7.88. The van der Waals surface area contributed by atoms with Crippen molar-refractivity contribution >= 4 is 45.6 Å². The highest BCUT2D eigenvalue weighted by Gasteiger charge is 2.12. The van der Waals surface area contributed by atoms with Crippen LogP contribution in [0.3, 0.4) is 0 Å². The van der Waals surface area contributed by atoms with E-state index in [1.807, 2.05) is 11.4 Å². The number of rotatable bonds is 10. The highest BCUT2D eigenvalue weighted by atomic mass is 35.5. The highest BCUT2D eigenvalue weighted by Crippen LogP contribution is 2.33. The Morgan fingerprint density at radius 1 is 1.12 bits per heavy atom. The minimum absolute atomic E-state index is 0.130. The Morgan fingerprint density at radius 2 is 1.91 bits per heavy atom. The summed E-state index contributed by atoms with van der Waals surface area (Å²) in [6.45, 7) is 1.05. The number of halogens is 1. The second-order valence-electron chi connectivity index (χ2n) is 6.61. The maximum absolute atomic E-state index is 12.6. The van der Waals surface area contributed by atoms with Gasteiger partial charge in [-0.3, -0.25) is 14.9 Å². The van der Waals surface area contributed by atoms with Crippen molar-refractivity contribution in [1.29, 1.82) is 0 Å². The summed E-state index contributed by atoms with van der Waals surface area (Å²) >= 11 is 7.62. The third-order valence-corrected chi connectivity index (χ3v) is 5.48. The molecule has 0 radical (unpaired) electrons. The van der Waals surface area contributed by atoms with Crippen molar-refractivity contribution in [2.75, 3.05) is 44.5 Å². The van der Waals surface area contributed by atoms with Gasteiger partial charge in [0.2, 0.25) is 5.91 Å². The monoisotopic (exact) mass is 474 g/mol. The van der Waals surface area contributed by atoms with E-state index in [0.717, 1.165) is 11.3 Å². The number of nitrogens with one attached hydrogen (secondary N) is 3. The zero-order valence-electron chi connectivity index (χ0n) is 17.6. The van der Waals surface area contributed by atoms with Crippen LogP contribution in [0.4, 0.5) is 10.8 Å². The van der Waals surface area contributed by atoms with Crippen LogP contribution in [0.2, 0.25) is 5.02 Å². The van der Waals surface area contributed by atoms with Gasteiger partial charge in [-0.05, 0) is 42.5 Å². The Hall–Kier alpha value is -3.14. The van der Waals surface area contributed by atoms with Gasteiger partial charge >= 0.3 is 0 Å². The van der Waals surface area contributed by atoms with Crippen molar-refractivity contribution in [2.24, 2.45) is 0 Å². The number of hydrogen-bond acceptors (Lipinski definition) is 7. The molecule has 0 aliphatic heterocycles. The van der Waals surface area contributed by atoms with Crippen LogP contribution in [0.15, 0.2) is 47.8 Å². The fourth-order valence-electron chi connectivity index (χ4n) is 2.73. The molecule has 168 valence electrons. The van der Waals surface area contributed by atoms with Gasteiger partial charge in [0.1, 0.15) is 5.75 Å². The first-order valence-electron chi connectivity index (χ1n) is 9.70. The number of anilines is 2. The van der Waals surface area contributed by atoms with E-state index < -0.39 is 0 Å². The van der Waals surface area contributed by atoms with Crippen LogP contribution in [0, 0.1) is 0 Å². The molecule has 0 saturated carbocycles. The van der Waals surface area contributed by atoms with Crippen molar-refractivity contribution in [1.82, 2.24) is 10.3 Å². The number of amides is 2. The lowest BCUT2D eigenvalue weighted by atomic mass is 10.1. The molecule has 1 aromatic heterocycles. The number of benzene rings is 2. The van der Waals surface area contributed by atoms with Crippen molar-refractivity contribution in [2.45, 2.75) is 0 Å². The van der Waals surface area contributed by atoms with Gasteiger partial charge in [0.05, 0.1) is 31.0 Å². The Morgan fingerprint density at radius 3 is 2.59 bits per heavy atom. The van der Waals surface area contributed by atoms with E-state index in [2.05, 4.69) is 20.9 Å². The topological polar surface area (TPSA) is 102 Å². The summed E-state index contributed by atoms with van der Waals surface area (Å²) in [4.78, 5) is 28.7. The number of carbonyl (C=O) groups excluding carboxylic acids is 2. The van der Waals surface area contributed by atoms with Crippen LogP contribution in [0.25, 0.3) is 11.3 Å². The maximum Gasteiger partial charge on any atom is 0.257 e. The molecule has 8 nitrogen and oxygen atoms in total. The van der Waals surface area contributed by atoms with Gasteiger partial charge in [-0.15, -0.1) is 11.3 Å². The molecule has 0 bridgehead atoms. The summed E-state index contributed by atoms with van der Waals surface area (Å²) in [6.07, 6.45) is 0. The Bertz CT molecular complexity index is 1070. The summed E-state index contributed by atoms with van der Waals surface area (Å²) in [5, 5.41) is 11.3. The molecule has 0 atom stereocenters. The van der Waals surface area contributed by atoms with E-state index in [-0.39, 0.29) is 18.4 Å². The average Bonchev–Trinajstić information content (AvgIpc) is 3.26. The predicted molar refractivity (Wildman–Crippen MR) is 127 cm³/mol. The van der Waals surface area contributed by atoms with Crippen LogP contribution in [-0.2, 0) is 9.53 Å². The number of carbonyl (C=O) groups is 2. The van der Waals surface area contributed by atoms with E-state index in [1.165, 1.54) is 11.3 Å². The lowest BCUT2D eigenvalue weighted by Gasteiger charge is -2.08. The SMILES string of the molecule is COCCNC(=O)CNc1ccc(C(=O)Nc2nc(-c3ccc(OC)cc3Cl)cs2)cc1. The summed E-state index contributed by atoms with van der Waals surface area (Å²) in [7, 11) is 3.15. The molecule has 0 saturated heterocycles. The van der Waals surface area contributed by atoms with E-state index in [4.69, 9.17) is 21.1 Å². The van der Waals surface area contributed by atoms with Crippen LogP contribution in [0.1, 0.15) is 10.4 Å². The van der Waals surface area contributed by atoms with E-state index in [0.29, 0.717) is 40.3 Å². The minimum atomic E-state index is -0.282. The number of nitrogens with zero attached hydrogens (tertiary/aromatic N) is 1. The second kappa shape index (κ2) is 11.5. The molecular weight excluding hydrogens is 452 g/mol. The molecule has 3 rings (SSSR count). The summed E-state index contributed by atoms with van der Waals surface area (Å²) < 4.78 is 10.0. The van der Waals surface area contributed by atoms with Gasteiger partial charge in [-0.1, -0.05) is 11.6 Å². The van der Waals surface area contributed by atoms with Crippen LogP contribution in [0.5, 0.6) is 5.75 Å². The van der Waals surface area contributed by atoms with Gasteiger partial charge in [-0.2, -0.15) is 0 Å². The van der Waals surface area contributed by atoms with Crippen molar-refractivity contribution in [3.63, 3.8) is 0 Å². The first-order chi connectivity index (χ1) is 15.5. The summed E-state index contributed by atoms with van der Waals surface area (Å²) in [6, 6.07) is 12.2. The van der Waals surface area contributed by atoms with Gasteiger partial charge in [0.15, 0.2) is 5.13 Å². The third kappa shape index (κ3) is 6.43. The number of hydrogen-bond donors (Lipinski definition) is 3. The molecule has 3 aromatic rings. The Labute approximate surface area is 194 Å². The lowest BCUT2D eigenvalue weighted by molar-refractivity contribution is -0.119. The zero-order valence-corrected chi connectivity index (χ0v) is 19.2. The highest BCUT2D eigenvalue weighted by molar-refractivity contribution is 7.14. The van der Waals surface area contributed by atoms with Crippen LogP contribution < -0.4 is 20.7 Å². The third-order valence-electron chi connectivity index (χ3n) is 4.41. The van der Waals surface area contributed by atoms with Gasteiger partial charge < -0.3 is 20.1 Å². The van der Waals surface area contributed by atoms with Gasteiger partial charge in [0.25, 0.3) is 5.91 Å². The largest absolute Gasteiger partial charge is 0.497 e. The van der Waals surface area contributed by atoms with Gasteiger partial charge in [0, 0.05) is 35.8 Å². The van der Waals surface area contributed by atoms with Crippen molar-refractivity contribution < 1.29 is 19.1 Å². The summed E-state index contributed by atoms with van der Waals surface area (Å²) in [5.74, 6) is 0.239. The fourth-order valence-corrected chi connectivity index (χ4v) is 3.70. The summed E-state index contributed by atoms with van der Waals surface area (Å²) in [5.41, 5.74) is 2.63. The predicted octanol–water partition coefficient (Wildman–Crippen LogP) is 3.90. The Kier molecular flexibility index (Phi) is 8.43. The van der Waals surface area contributed by atoms with Crippen molar-refractivity contribution in [3.8, 4) is 17.0 Å². The maximum atomic E-state index is 12.6. The van der Waals surface area contributed by atoms with E-state index in [1.54, 1.807) is 50.6 Å². The van der Waals surface area contributed by atoms with E-state index >= 15 is 0 Å². The standard InChI is InChI=1S/C22H23ClN4O4S/c1-30-10-9-24-20(28)12-25-15-5-3-14(4-6-15)21(29)27-22-26-19(13-32-22)17-8-7-16(31-2)11-18(17)23/h3-8,11,13,25H,9-10,12H2,1-2H3,(H,24,28)(H,26,27,29). The quantitative estimate of drug-likeness (QED) is 0.385. The molecule has 0 fully saturated rings. The molecule has 0 unspecified atom stereocenters. The molecule has 3 N–H and O–H groups in total. The molecular formula is C22H23ClN4O4S. The Balaban J connectivity index is 1.56. The number of methoxy groups -OCH3 is 2. The molecule has 10 heteroatoms.